The minimum atomic E-state index is -3.75. The van der Waals surface area contributed by atoms with E-state index in [2.05, 4.69) is 26.0 Å². The molecule has 0 unspecified atom stereocenters. The van der Waals surface area contributed by atoms with E-state index in [4.69, 9.17) is 16.0 Å². The van der Waals surface area contributed by atoms with Crippen molar-refractivity contribution in [2.45, 2.75) is 11.4 Å². The third kappa shape index (κ3) is 6.29. The summed E-state index contributed by atoms with van der Waals surface area (Å²) in [5.41, 5.74) is 0.372. The van der Waals surface area contributed by atoms with Gasteiger partial charge in [0.05, 0.1) is 11.4 Å². The second-order valence-corrected chi connectivity index (χ2v) is 9.33. The third-order valence-corrected chi connectivity index (χ3v) is 6.19. The number of rotatable bonds is 7. The van der Waals surface area contributed by atoms with Crippen molar-refractivity contribution in [3.63, 3.8) is 0 Å². The fourth-order valence-electron chi connectivity index (χ4n) is 2.45. The van der Waals surface area contributed by atoms with Gasteiger partial charge in [-0.05, 0) is 60.7 Å². The fourth-order valence-corrected chi connectivity index (χ4v) is 3.84. The molecule has 0 saturated carbocycles. The highest BCUT2D eigenvalue weighted by atomic mass is 79.9. The number of furan rings is 1. The summed E-state index contributed by atoms with van der Waals surface area (Å²) in [6.45, 7) is -0.105. The van der Waals surface area contributed by atoms with Gasteiger partial charge in [-0.15, -0.1) is 0 Å². The molecule has 31 heavy (non-hydrogen) atoms. The number of amides is 1. The number of halogens is 2. The molecule has 10 heteroatoms. The van der Waals surface area contributed by atoms with E-state index in [1.165, 1.54) is 36.4 Å². The molecule has 0 radical (unpaired) electrons. The van der Waals surface area contributed by atoms with Gasteiger partial charge in [-0.25, -0.2) is 13.1 Å². The molecule has 0 saturated heterocycles. The summed E-state index contributed by atoms with van der Waals surface area (Å²) in [5.74, 6) is -0.0381. The third-order valence-electron chi connectivity index (χ3n) is 4.00. The standard InChI is InChI=1S/C21H15BrClN3O4S/c22-15-1-5-17(6-2-15)26-21(27)14(12-24)11-18-7-8-19(30-18)13-25-31(28,29)20-9-3-16(23)4-10-20/h1-11,25H,13H2,(H,26,27)/b14-11-. The lowest BCUT2D eigenvalue weighted by molar-refractivity contribution is -0.112. The van der Waals surface area contributed by atoms with Crippen molar-refractivity contribution in [3.05, 3.63) is 87.3 Å². The lowest BCUT2D eigenvalue weighted by Crippen LogP contribution is -2.22. The van der Waals surface area contributed by atoms with Gasteiger partial charge in [-0.2, -0.15) is 5.26 Å². The summed E-state index contributed by atoms with van der Waals surface area (Å²) in [7, 11) is -3.75. The van der Waals surface area contributed by atoms with Crippen molar-refractivity contribution < 1.29 is 17.6 Å². The van der Waals surface area contributed by atoms with Crippen LogP contribution in [0.3, 0.4) is 0 Å². The molecule has 3 rings (SSSR count). The van der Waals surface area contributed by atoms with Crippen LogP contribution in [0.2, 0.25) is 5.02 Å². The van der Waals surface area contributed by atoms with Gasteiger partial charge in [0.1, 0.15) is 23.2 Å². The molecular formula is C21H15BrClN3O4S. The first-order valence-corrected chi connectivity index (χ1v) is 11.4. The smallest absolute Gasteiger partial charge is 0.266 e. The van der Waals surface area contributed by atoms with E-state index in [9.17, 15) is 18.5 Å². The maximum Gasteiger partial charge on any atom is 0.266 e. The molecule has 2 aromatic carbocycles. The number of benzene rings is 2. The number of nitriles is 1. The Morgan fingerprint density at radius 3 is 2.42 bits per heavy atom. The Kier molecular flexibility index (Phi) is 7.30. The van der Waals surface area contributed by atoms with Gasteiger partial charge < -0.3 is 9.73 Å². The Morgan fingerprint density at radius 2 is 1.77 bits per heavy atom. The molecule has 1 amide bonds. The Bertz CT molecular complexity index is 1260. The number of carbonyl (C=O) groups excluding carboxylic acids is 1. The van der Waals surface area contributed by atoms with Crippen LogP contribution in [0.5, 0.6) is 0 Å². The zero-order valence-corrected chi connectivity index (χ0v) is 19.0. The number of sulfonamides is 1. The first-order valence-electron chi connectivity index (χ1n) is 8.79. The highest BCUT2D eigenvalue weighted by Crippen LogP contribution is 2.18. The monoisotopic (exact) mass is 519 g/mol. The van der Waals surface area contributed by atoms with Crippen molar-refractivity contribution in [1.29, 1.82) is 5.26 Å². The van der Waals surface area contributed by atoms with Crippen LogP contribution < -0.4 is 10.0 Å². The largest absolute Gasteiger partial charge is 0.460 e. The van der Waals surface area contributed by atoms with Crippen LogP contribution in [0.4, 0.5) is 5.69 Å². The fraction of sp³-hybridized carbons (Fsp3) is 0.0476. The van der Waals surface area contributed by atoms with Crippen LogP contribution in [-0.4, -0.2) is 14.3 Å². The van der Waals surface area contributed by atoms with Crippen LogP contribution in [0, 0.1) is 11.3 Å². The first kappa shape index (κ1) is 22.8. The van der Waals surface area contributed by atoms with E-state index in [0.717, 1.165) is 4.47 Å². The van der Waals surface area contributed by atoms with Gasteiger partial charge in [0.25, 0.3) is 5.91 Å². The molecule has 3 aromatic rings. The average Bonchev–Trinajstić information content (AvgIpc) is 3.20. The zero-order valence-electron chi connectivity index (χ0n) is 15.8. The van der Waals surface area contributed by atoms with Crippen LogP contribution >= 0.6 is 27.5 Å². The minimum absolute atomic E-state index is 0.0694. The van der Waals surface area contributed by atoms with Crippen molar-refractivity contribution >= 4 is 55.2 Å². The average molecular weight is 521 g/mol. The molecular weight excluding hydrogens is 506 g/mol. The van der Waals surface area contributed by atoms with Gasteiger partial charge in [0.2, 0.25) is 10.0 Å². The summed E-state index contributed by atoms with van der Waals surface area (Å²) in [5, 5.41) is 12.4. The Morgan fingerprint density at radius 1 is 1.10 bits per heavy atom. The maximum absolute atomic E-state index is 12.3. The highest BCUT2D eigenvalue weighted by Gasteiger charge is 2.15. The number of nitrogens with one attached hydrogen (secondary N) is 2. The SMILES string of the molecule is N#C/C(=C/c1ccc(CNS(=O)(=O)c2ccc(Cl)cc2)o1)C(=O)Nc1ccc(Br)cc1. The van der Waals surface area contributed by atoms with E-state index in [-0.39, 0.29) is 22.8 Å². The molecule has 1 aromatic heterocycles. The maximum atomic E-state index is 12.3. The van der Waals surface area contributed by atoms with Gasteiger partial charge >= 0.3 is 0 Å². The van der Waals surface area contributed by atoms with Crippen molar-refractivity contribution in [3.8, 4) is 6.07 Å². The second kappa shape index (κ2) is 9.94. The summed E-state index contributed by atoms with van der Waals surface area (Å²) >= 11 is 9.08. The summed E-state index contributed by atoms with van der Waals surface area (Å²) < 4.78 is 33.4. The molecule has 2 N–H and O–H groups in total. The van der Waals surface area contributed by atoms with Gasteiger partial charge in [-0.1, -0.05) is 27.5 Å². The van der Waals surface area contributed by atoms with Gasteiger partial charge in [0.15, 0.2) is 0 Å². The zero-order chi connectivity index (χ0) is 22.4. The first-order chi connectivity index (χ1) is 14.8. The number of anilines is 1. The molecule has 0 bridgehead atoms. The predicted molar refractivity (Wildman–Crippen MR) is 121 cm³/mol. The lowest BCUT2D eigenvalue weighted by Gasteiger charge is -2.05. The van der Waals surface area contributed by atoms with Crippen molar-refractivity contribution in [2.75, 3.05) is 5.32 Å². The quantitative estimate of drug-likeness (QED) is 0.346. The van der Waals surface area contributed by atoms with E-state index in [1.54, 1.807) is 30.3 Å². The number of nitrogens with zero attached hydrogens (tertiary/aromatic N) is 1. The molecule has 0 atom stereocenters. The van der Waals surface area contributed by atoms with Gasteiger partial charge in [0, 0.05) is 21.3 Å². The van der Waals surface area contributed by atoms with E-state index in [0.29, 0.717) is 16.5 Å². The van der Waals surface area contributed by atoms with Gasteiger partial charge in [-0.3, -0.25) is 4.79 Å². The van der Waals surface area contributed by atoms with Crippen molar-refractivity contribution in [1.82, 2.24) is 4.72 Å². The van der Waals surface area contributed by atoms with E-state index >= 15 is 0 Å². The molecule has 0 aliphatic carbocycles. The second-order valence-electron chi connectivity index (χ2n) is 6.21. The Labute approximate surface area is 192 Å². The normalized spacial score (nSPS) is 11.7. The van der Waals surface area contributed by atoms with Crippen molar-refractivity contribution in [2.24, 2.45) is 0 Å². The molecule has 1 heterocycles. The lowest BCUT2D eigenvalue weighted by atomic mass is 10.2. The van der Waals surface area contributed by atoms with E-state index < -0.39 is 15.9 Å². The van der Waals surface area contributed by atoms with Crippen LogP contribution in [0.15, 0.2) is 80.0 Å². The molecule has 0 fully saturated rings. The Balaban J connectivity index is 1.66. The molecule has 0 aliphatic rings. The number of hydrogen-bond acceptors (Lipinski definition) is 5. The topological polar surface area (TPSA) is 112 Å². The Hall–Kier alpha value is -2.90. The summed E-state index contributed by atoms with van der Waals surface area (Å²) in [6.07, 6.45) is 1.28. The van der Waals surface area contributed by atoms with E-state index in [1.807, 2.05) is 6.07 Å². The minimum Gasteiger partial charge on any atom is -0.460 e. The van der Waals surface area contributed by atoms with Crippen LogP contribution in [-0.2, 0) is 21.4 Å². The summed E-state index contributed by atoms with van der Waals surface area (Å²) in [6, 6.07) is 17.6. The summed E-state index contributed by atoms with van der Waals surface area (Å²) in [4.78, 5) is 12.4. The molecule has 0 aliphatic heterocycles. The predicted octanol–water partition coefficient (Wildman–Crippen LogP) is 4.72. The number of carbonyl (C=O) groups is 1. The highest BCUT2D eigenvalue weighted by molar-refractivity contribution is 9.10. The van der Waals surface area contributed by atoms with Crippen LogP contribution in [0.25, 0.3) is 6.08 Å². The molecule has 158 valence electrons. The molecule has 0 spiro atoms. The van der Waals surface area contributed by atoms with Crippen LogP contribution in [0.1, 0.15) is 11.5 Å². The number of hydrogen-bond donors (Lipinski definition) is 2. The molecule has 7 nitrogen and oxygen atoms in total.